The maximum atomic E-state index is 8.63. The van der Waals surface area contributed by atoms with Crippen molar-refractivity contribution in [2.24, 2.45) is 0 Å². The monoisotopic (exact) mass is 219 g/mol. The second-order valence-corrected chi connectivity index (χ2v) is 3.44. The van der Waals surface area contributed by atoms with Crippen LogP contribution >= 0.6 is 11.8 Å². The number of hydrogen-bond donors (Lipinski definition) is 0. The van der Waals surface area contributed by atoms with Crippen molar-refractivity contribution in [3.8, 4) is 6.07 Å². The largest absolute Gasteiger partial charge is 0.416 e. The minimum Gasteiger partial charge on any atom is -0.416 e. The molecule has 2 aromatic rings. The Labute approximate surface area is 89.4 Å². The summed E-state index contributed by atoms with van der Waals surface area (Å²) < 4.78 is 5.14. The first-order valence-corrected chi connectivity index (χ1v) is 4.80. The molecular formula is C8H5N5OS. The van der Waals surface area contributed by atoms with Crippen molar-refractivity contribution in [1.82, 2.24) is 20.2 Å². The van der Waals surface area contributed by atoms with E-state index in [2.05, 4.69) is 20.2 Å². The summed E-state index contributed by atoms with van der Waals surface area (Å²) >= 11 is 1.12. The van der Waals surface area contributed by atoms with E-state index in [4.69, 9.17) is 9.68 Å². The van der Waals surface area contributed by atoms with Crippen LogP contribution in [-0.2, 0) is 0 Å². The Bertz CT molecular complexity index is 518. The Balaban J connectivity index is 2.21. The lowest BCUT2D eigenvalue weighted by Crippen LogP contribution is -1.88. The van der Waals surface area contributed by atoms with Crippen LogP contribution in [0.1, 0.15) is 11.6 Å². The highest BCUT2D eigenvalue weighted by Gasteiger charge is 2.07. The number of hydrogen-bond acceptors (Lipinski definition) is 7. The molecule has 0 aliphatic heterocycles. The van der Waals surface area contributed by atoms with Gasteiger partial charge in [0.05, 0.1) is 0 Å². The number of nitriles is 1. The molecule has 0 aliphatic rings. The van der Waals surface area contributed by atoms with Crippen LogP contribution in [0.15, 0.2) is 27.1 Å². The molecule has 15 heavy (non-hydrogen) atoms. The molecule has 0 N–H and O–H groups in total. The number of rotatable bonds is 2. The third-order valence-electron chi connectivity index (χ3n) is 1.43. The summed E-state index contributed by atoms with van der Waals surface area (Å²) in [5.74, 6) is 0.480. The highest BCUT2D eigenvalue weighted by Crippen LogP contribution is 2.22. The summed E-state index contributed by atoms with van der Waals surface area (Å²) in [6, 6.07) is 3.46. The molecule has 2 aromatic heterocycles. The van der Waals surface area contributed by atoms with Crippen LogP contribution < -0.4 is 0 Å². The van der Waals surface area contributed by atoms with E-state index in [0.29, 0.717) is 22.0 Å². The highest BCUT2D eigenvalue weighted by atomic mass is 32.2. The normalized spacial score (nSPS) is 9.87. The minimum absolute atomic E-state index is 0.309. The average Bonchev–Trinajstić information content (AvgIpc) is 2.64. The predicted octanol–water partition coefficient (Wildman–Crippen LogP) is 1.19. The Hall–Kier alpha value is -1.94. The molecular weight excluding hydrogens is 214 g/mol. The summed E-state index contributed by atoms with van der Waals surface area (Å²) in [5, 5.41) is 16.9. The summed E-state index contributed by atoms with van der Waals surface area (Å²) in [7, 11) is 0. The third-order valence-corrected chi connectivity index (χ3v) is 2.15. The zero-order valence-electron chi connectivity index (χ0n) is 7.71. The number of aryl methyl sites for hydroxylation is 1. The first kappa shape index (κ1) is 9.61. The topological polar surface area (TPSA) is 88.5 Å². The van der Waals surface area contributed by atoms with Gasteiger partial charge in [0.25, 0.3) is 5.22 Å². The van der Waals surface area contributed by atoms with Crippen molar-refractivity contribution < 1.29 is 4.42 Å². The van der Waals surface area contributed by atoms with E-state index in [1.54, 1.807) is 6.92 Å². The molecule has 6 nitrogen and oxygen atoms in total. The molecule has 0 saturated carbocycles. The molecule has 0 fully saturated rings. The van der Waals surface area contributed by atoms with Crippen molar-refractivity contribution in [3.63, 3.8) is 0 Å². The van der Waals surface area contributed by atoms with Crippen LogP contribution in [0, 0.1) is 18.3 Å². The Morgan fingerprint density at radius 3 is 3.00 bits per heavy atom. The second kappa shape index (κ2) is 4.06. The molecule has 0 aliphatic carbocycles. The standard InChI is InChI=1S/C8H5N5OS/c1-5-12-13-8(14-5)15-7-10-3-2-6(4-9)11-7/h2-3H,1H3. The number of aromatic nitrogens is 4. The van der Waals surface area contributed by atoms with Gasteiger partial charge in [0.1, 0.15) is 11.8 Å². The summed E-state index contributed by atoms with van der Waals surface area (Å²) in [4.78, 5) is 7.92. The van der Waals surface area contributed by atoms with E-state index < -0.39 is 0 Å². The van der Waals surface area contributed by atoms with Gasteiger partial charge < -0.3 is 4.42 Å². The van der Waals surface area contributed by atoms with Crippen molar-refractivity contribution >= 4 is 11.8 Å². The Morgan fingerprint density at radius 2 is 2.33 bits per heavy atom. The zero-order valence-corrected chi connectivity index (χ0v) is 8.52. The number of nitrogens with zero attached hydrogens (tertiary/aromatic N) is 5. The fraction of sp³-hybridized carbons (Fsp3) is 0.125. The van der Waals surface area contributed by atoms with E-state index in [0.717, 1.165) is 11.8 Å². The smallest absolute Gasteiger partial charge is 0.284 e. The average molecular weight is 219 g/mol. The van der Waals surface area contributed by atoms with Crippen LogP contribution in [0.3, 0.4) is 0 Å². The Kier molecular flexibility index (Phi) is 2.60. The molecule has 74 valence electrons. The maximum Gasteiger partial charge on any atom is 0.284 e. The molecule has 0 atom stereocenters. The van der Waals surface area contributed by atoms with Crippen LogP contribution in [0.2, 0.25) is 0 Å². The molecule has 7 heteroatoms. The fourth-order valence-electron chi connectivity index (χ4n) is 0.850. The van der Waals surface area contributed by atoms with Gasteiger partial charge in [0.15, 0.2) is 5.16 Å². The quantitative estimate of drug-likeness (QED) is 0.701. The molecule has 2 heterocycles. The fourth-order valence-corrected chi connectivity index (χ4v) is 1.51. The van der Waals surface area contributed by atoms with Gasteiger partial charge in [-0.1, -0.05) is 0 Å². The molecule has 0 unspecified atom stereocenters. The summed E-state index contributed by atoms with van der Waals surface area (Å²) in [6.45, 7) is 1.70. The van der Waals surface area contributed by atoms with Gasteiger partial charge in [-0.05, 0) is 6.07 Å². The van der Waals surface area contributed by atoms with E-state index in [9.17, 15) is 0 Å². The van der Waals surface area contributed by atoms with E-state index in [-0.39, 0.29) is 0 Å². The molecule has 0 saturated heterocycles. The molecule has 0 bridgehead atoms. The van der Waals surface area contributed by atoms with E-state index in [1.165, 1.54) is 12.3 Å². The molecule has 0 aromatic carbocycles. The maximum absolute atomic E-state index is 8.63. The van der Waals surface area contributed by atoms with E-state index >= 15 is 0 Å². The predicted molar refractivity (Wildman–Crippen MR) is 49.9 cm³/mol. The third kappa shape index (κ3) is 2.30. The van der Waals surface area contributed by atoms with Crippen molar-refractivity contribution in [2.75, 3.05) is 0 Å². The van der Waals surface area contributed by atoms with Crippen LogP contribution in [-0.4, -0.2) is 20.2 Å². The minimum atomic E-state index is 0.309. The van der Waals surface area contributed by atoms with Crippen LogP contribution in [0.4, 0.5) is 0 Å². The van der Waals surface area contributed by atoms with Gasteiger partial charge in [0, 0.05) is 24.9 Å². The van der Waals surface area contributed by atoms with Crippen molar-refractivity contribution in [2.45, 2.75) is 17.3 Å². The van der Waals surface area contributed by atoms with Crippen LogP contribution in [0.5, 0.6) is 0 Å². The molecule has 0 radical (unpaired) electrons. The Morgan fingerprint density at radius 1 is 1.47 bits per heavy atom. The van der Waals surface area contributed by atoms with E-state index in [1.807, 2.05) is 6.07 Å². The zero-order chi connectivity index (χ0) is 10.7. The first-order chi connectivity index (χ1) is 7.28. The van der Waals surface area contributed by atoms with Crippen LogP contribution in [0.25, 0.3) is 0 Å². The lowest BCUT2D eigenvalue weighted by molar-refractivity contribution is 0.429. The lowest BCUT2D eigenvalue weighted by Gasteiger charge is -1.93. The molecule has 2 rings (SSSR count). The molecule has 0 amide bonds. The summed E-state index contributed by atoms with van der Waals surface area (Å²) in [5.41, 5.74) is 0.309. The van der Waals surface area contributed by atoms with Gasteiger partial charge in [-0.3, -0.25) is 0 Å². The van der Waals surface area contributed by atoms with Gasteiger partial charge in [0.2, 0.25) is 5.89 Å². The van der Waals surface area contributed by atoms with Gasteiger partial charge >= 0.3 is 0 Å². The van der Waals surface area contributed by atoms with Gasteiger partial charge in [-0.25, -0.2) is 9.97 Å². The SMILES string of the molecule is Cc1nnc(Sc2nccc(C#N)n2)o1. The highest BCUT2D eigenvalue weighted by molar-refractivity contribution is 7.98. The van der Waals surface area contributed by atoms with Gasteiger partial charge in [-0.15, -0.1) is 10.2 Å². The summed E-state index contributed by atoms with van der Waals surface area (Å²) in [6.07, 6.45) is 1.51. The second-order valence-electron chi connectivity index (χ2n) is 2.53. The first-order valence-electron chi connectivity index (χ1n) is 3.99. The van der Waals surface area contributed by atoms with Crippen molar-refractivity contribution in [3.05, 3.63) is 23.8 Å². The van der Waals surface area contributed by atoms with Crippen molar-refractivity contribution in [1.29, 1.82) is 5.26 Å². The van der Waals surface area contributed by atoms with Gasteiger partial charge in [-0.2, -0.15) is 5.26 Å². The molecule has 0 spiro atoms. The lowest BCUT2D eigenvalue weighted by atomic mass is 10.5.